The van der Waals surface area contributed by atoms with Crippen molar-refractivity contribution in [2.45, 2.75) is 44.4 Å². The number of carbonyl (C=O) groups excluding carboxylic acids is 4. The molecular formula is C30H27ClFN7O4. The Balaban J connectivity index is 1.24. The van der Waals surface area contributed by atoms with E-state index in [0.29, 0.717) is 28.6 Å². The molecule has 43 heavy (non-hydrogen) atoms. The van der Waals surface area contributed by atoms with Crippen LogP contribution in [0.15, 0.2) is 60.9 Å². The maximum absolute atomic E-state index is 14.4. The lowest BCUT2D eigenvalue weighted by atomic mass is 9.97. The first-order valence-electron chi connectivity index (χ1n) is 13.7. The van der Waals surface area contributed by atoms with Gasteiger partial charge in [-0.3, -0.25) is 28.8 Å². The van der Waals surface area contributed by atoms with Crippen LogP contribution in [0, 0.1) is 11.7 Å². The van der Waals surface area contributed by atoms with Crippen molar-refractivity contribution in [1.29, 1.82) is 0 Å². The van der Waals surface area contributed by atoms with Crippen molar-refractivity contribution >= 4 is 51.8 Å². The molecule has 6 rings (SSSR count). The number of halogens is 2. The van der Waals surface area contributed by atoms with Crippen molar-refractivity contribution in [1.82, 2.24) is 25.0 Å². The molecule has 2 aromatic heterocycles. The smallest absolute Gasteiger partial charge is 0.269 e. The maximum Gasteiger partial charge on any atom is 0.269 e. The molecule has 2 bridgehead atoms. The number of nitrogens with zero attached hydrogens (tertiary/aromatic N) is 4. The van der Waals surface area contributed by atoms with Crippen LogP contribution in [0.4, 0.5) is 10.1 Å². The van der Waals surface area contributed by atoms with Crippen molar-refractivity contribution < 1.29 is 23.6 Å². The van der Waals surface area contributed by atoms with Gasteiger partial charge in [0.15, 0.2) is 5.69 Å². The van der Waals surface area contributed by atoms with Crippen LogP contribution in [0.2, 0.25) is 5.02 Å². The standard InChI is InChI=1S/C30H27ClFN7O4/c31-22-5-1-3-17(25(22)32)14-35-30(43)27-16-6-8-20(11-16)39(27)24(40)15-38-23-12-19(7-9-21(23)26(37-38)28(33)41)36-29(42)18-4-2-10-34-13-18/h1-5,7,9-10,12-13,16,20,27H,6,8,11,14-15H2,(H2,33,41)(H,35,43)(H,36,42)/t16-,20+,27-/m0/s1. The Morgan fingerprint density at radius 3 is 2.70 bits per heavy atom. The Kier molecular flexibility index (Phi) is 7.53. The number of likely N-dealkylation sites (tertiary alicyclic amines) is 1. The number of primary amides is 1. The van der Waals surface area contributed by atoms with Crippen LogP contribution >= 0.6 is 11.6 Å². The van der Waals surface area contributed by atoms with Crippen molar-refractivity contribution in [2.75, 3.05) is 5.32 Å². The van der Waals surface area contributed by atoms with Crippen molar-refractivity contribution in [2.24, 2.45) is 11.7 Å². The van der Waals surface area contributed by atoms with Gasteiger partial charge in [0.05, 0.1) is 16.1 Å². The number of pyridine rings is 1. The monoisotopic (exact) mass is 603 g/mol. The lowest BCUT2D eigenvalue weighted by Gasteiger charge is -2.34. The number of carbonyl (C=O) groups is 4. The number of hydrogen-bond donors (Lipinski definition) is 3. The topological polar surface area (TPSA) is 152 Å². The fourth-order valence-corrected chi connectivity index (χ4v) is 6.31. The van der Waals surface area contributed by atoms with Gasteiger partial charge in [-0.05, 0) is 61.6 Å². The second kappa shape index (κ2) is 11.4. The number of piperidine rings is 1. The van der Waals surface area contributed by atoms with Crippen molar-refractivity contribution in [3.05, 3.63) is 88.6 Å². The van der Waals surface area contributed by atoms with E-state index in [0.717, 1.165) is 12.8 Å². The number of aromatic nitrogens is 3. The summed E-state index contributed by atoms with van der Waals surface area (Å²) in [5, 5.41) is 10.3. The van der Waals surface area contributed by atoms with Gasteiger partial charge in [-0.2, -0.15) is 5.10 Å². The van der Waals surface area contributed by atoms with Crippen molar-refractivity contribution in [3.63, 3.8) is 0 Å². The number of fused-ring (bicyclic) bond motifs is 3. The minimum atomic E-state index is -0.769. The van der Waals surface area contributed by atoms with E-state index in [1.54, 1.807) is 47.5 Å². The van der Waals surface area contributed by atoms with E-state index in [-0.39, 0.29) is 59.1 Å². The molecule has 3 heterocycles. The molecule has 4 amide bonds. The Labute approximate surface area is 250 Å². The fraction of sp³-hybridized carbons (Fsp3) is 0.267. The highest BCUT2D eigenvalue weighted by Gasteiger charge is 2.51. The molecular weight excluding hydrogens is 577 g/mol. The number of amides is 4. The number of rotatable bonds is 8. The highest BCUT2D eigenvalue weighted by atomic mass is 35.5. The van der Waals surface area contributed by atoms with Gasteiger partial charge in [-0.1, -0.05) is 23.7 Å². The van der Waals surface area contributed by atoms with Crippen LogP contribution in [-0.2, 0) is 22.7 Å². The summed E-state index contributed by atoms with van der Waals surface area (Å²) in [6.45, 7) is -0.333. The summed E-state index contributed by atoms with van der Waals surface area (Å²) in [5.41, 5.74) is 6.99. The highest BCUT2D eigenvalue weighted by molar-refractivity contribution is 6.30. The predicted octanol–water partition coefficient (Wildman–Crippen LogP) is 3.27. The van der Waals surface area contributed by atoms with Gasteiger partial charge in [0.1, 0.15) is 18.4 Å². The number of anilines is 1. The molecule has 4 N–H and O–H groups in total. The molecule has 220 valence electrons. The van der Waals surface area contributed by atoms with Crippen molar-refractivity contribution in [3.8, 4) is 0 Å². The first-order valence-corrected chi connectivity index (χ1v) is 14.1. The van der Waals surface area contributed by atoms with Gasteiger partial charge in [-0.25, -0.2) is 4.39 Å². The number of nitrogens with two attached hydrogens (primary N) is 1. The SMILES string of the molecule is NC(=O)c1nn(CC(=O)N2[C@@H]3CC[C@@H](C3)[C@H]2C(=O)NCc2cccc(Cl)c2F)c2cc(NC(=O)c3cccnc3)ccc12. The van der Waals surface area contributed by atoms with E-state index in [1.807, 2.05) is 0 Å². The number of benzene rings is 2. The van der Waals surface area contributed by atoms with Crippen LogP contribution in [0.5, 0.6) is 0 Å². The molecule has 1 aliphatic heterocycles. The molecule has 0 radical (unpaired) electrons. The van der Waals surface area contributed by atoms with Crippen LogP contribution in [-0.4, -0.2) is 55.4 Å². The summed E-state index contributed by atoms with van der Waals surface area (Å²) in [4.78, 5) is 57.5. The minimum Gasteiger partial charge on any atom is -0.364 e. The Morgan fingerprint density at radius 1 is 1.09 bits per heavy atom. The molecule has 4 aromatic rings. The Morgan fingerprint density at radius 2 is 1.93 bits per heavy atom. The maximum atomic E-state index is 14.4. The largest absolute Gasteiger partial charge is 0.364 e. The summed E-state index contributed by atoms with van der Waals surface area (Å²) in [6, 6.07) is 11.8. The van der Waals surface area contributed by atoms with E-state index >= 15 is 0 Å². The first-order chi connectivity index (χ1) is 20.7. The molecule has 1 aliphatic carbocycles. The molecule has 13 heteroatoms. The summed E-state index contributed by atoms with van der Waals surface area (Å²) >= 11 is 5.87. The van der Waals surface area contributed by atoms with Gasteiger partial charge in [0.25, 0.3) is 11.8 Å². The summed E-state index contributed by atoms with van der Waals surface area (Å²) in [7, 11) is 0. The summed E-state index contributed by atoms with van der Waals surface area (Å²) in [5.74, 6) is -2.51. The molecule has 2 fully saturated rings. The normalized spacial score (nSPS) is 19.0. The van der Waals surface area contributed by atoms with Gasteiger partial charge < -0.3 is 21.3 Å². The third-order valence-electron chi connectivity index (χ3n) is 8.08. The van der Waals surface area contributed by atoms with Gasteiger partial charge >= 0.3 is 0 Å². The fourth-order valence-electron chi connectivity index (χ4n) is 6.12. The van der Waals surface area contributed by atoms with E-state index < -0.39 is 17.8 Å². The molecule has 0 spiro atoms. The minimum absolute atomic E-state index is 0.0197. The molecule has 0 unspecified atom stereocenters. The lowest BCUT2D eigenvalue weighted by molar-refractivity contribution is -0.143. The third kappa shape index (κ3) is 5.41. The highest BCUT2D eigenvalue weighted by Crippen LogP contribution is 2.43. The molecule has 3 atom stereocenters. The molecule has 2 aromatic carbocycles. The van der Waals surface area contributed by atoms with E-state index in [4.69, 9.17) is 17.3 Å². The Hall–Kier alpha value is -4.84. The third-order valence-corrected chi connectivity index (χ3v) is 8.37. The average Bonchev–Trinajstić information content (AvgIpc) is 3.72. The molecule has 1 saturated carbocycles. The van der Waals surface area contributed by atoms with E-state index in [9.17, 15) is 23.6 Å². The average molecular weight is 604 g/mol. The van der Waals surface area contributed by atoms with Crippen LogP contribution in [0.3, 0.4) is 0 Å². The van der Waals surface area contributed by atoms with E-state index in [1.165, 1.54) is 23.0 Å². The zero-order valence-corrected chi connectivity index (χ0v) is 23.6. The molecule has 11 nitrogen and oxygen atoms in total. The number of hydrogen-bond acceptors (Lipinski definition) is 6. The second-order valence-electron chi connectivity index (χ2n) is 10.7. The van der Waals surface area contributed by atoms with Crippen LogP contribution in [0.1, 0.15) is 45.7 Å². The van der Waals surface area contributed by atoms with Gasteiger partial charge in [0.2, 0.25) is 11.8 Å². The quantitative estimate of drug-likeness (QED) is 0.281. The predicted molar refractivity (Wildman–Crippen MR) is 155 cm³/mol. The van der Waals surface area contributed by atoms with Gasteiger partial charge in [0, 0.05) is 41.6 Å². The lowest BCUT2D eigenvalue weighted by Crippen LogP contribution is -2.53. The zero-order chi connectivity index (χ0) is 30.2. The molecule has 2 aliphatic rings. The summed E-state index contributed by atoms with van der Waals surface area (Å²) < 4.78 is 15.7. The second-order valence-corrected chi connectivity index (χ2v) is 11.1. The summed E-state index contributed by atoms with van der Waals surface area (Å²) in [6.07, 6.45) is 5.24. The zero-order valence-electron chi connectivity index (χ0n) is 22.8. The van der Waals surface area contributed by atoms with Crippen LogP contribution in [0.25, 0.3) is 10.9 Å². The molecule has 1 saturated heterocycles. The van der Waals surface area contributed by atoms with E-state index in [2.05, 4.69) is 20.7 Å². The van der Waals surface area contributed by atoms with Gasteiger partial charge in [-0.15, -0.1) is 0 Å². The van der Waals surface area contributed by atoms with Crippen LogP contribution < -0.4 is 16.4 Å². The first kappa shape index (κ1) is 28.3. The number of nitrogens with one attached hydrogen (secondary N) is 2. The Bertz CT molecular complexity index is 1760.